The maximum absolute atomic E-state index is 12.2. The Balaban J connectivity index is 1.92. The first kappa shape index (κ1) is 13.6. The second-order valence-corrected chi connectivity index (χ2v) is 4.43. The average molecular weight is 259 g/mol. The highest BCUT2D eigenvalue weighted by Gasteiger charge is 2.05. The minimum atomic E-state index is -0.395. The standard InChI is InChI=1S/C16H18FNO/c17-11-10-16(18)14-6-8-15(9-7-14)19-12-13-4-2-1-3-5-13/h1-9,16H,10-12,18H2/t16-/m0/s1. The Morgan fingerprint density at radius 1 is 1.00 bits per heavy atom. The zero-order valence-corrected chi connectivity index (χ0v) is 10.8. The molecule has 0 aromatic heterocycles. The molecule has 0 spiro atoms. The van der Waals surface area contributed by atoms with E-state index in [0.29, 0.717) is 13.0 Å². The molecule has 0 amide bonds. The van der Waals surface area contributed by atoms with Crippen LogP contribution in [-0.2, 0) is 6.61 Å². The summed E-state index contributed by atoms with van der Waals surface area (Å²) < 4.78 is 17.9. The van der Waals surface area contributed by atoms with E-state index >= 15 is 0 Å². The summed E-state index contributed by atoms with van der Waals surface area (Å²) in [4.78, 5) is 0. The maximum atomic E-state index is 12.2. The van der Waals surface area contributed by atoms with Crippen molar-refractivity contribution in [2.45, 2.75) is 19.1 Å². The lowest BCUT2D eigenvalue weighted by atomic mass is 10.1. The third kappa shape index (κ3) is 4.07. The van der Waals surface area contributed by atoms with Crippen LogP contribution < -0.4 is 10.5 Å². The Hall–Kier alpha value is -1.87. The van der Waals surface area contributed by atoms with Gasteiger partial charge in [-0.05, 0) is 29.7 Å². The molecule has 19 heavy (non-hydrogen) atoms. The van der Waals surface area contributed by atoms with Crippen molar-refractivity contribution in [3.8, 4) is 5.75 Å². The lowest BCUT2D eigenvalue weighted by molar-refractivity contribution is 0.306. The fourth-order valence-electron chi connectivity index (χ4n) is 1.84. The zero-order valence-electron chi connectivity index (χ0n) is 10.8. The molecular weight excluding hydrogens is 241 g/mol. The predicted octanol–water partition coefficient (Wildman–Crippen LogP) is 3.63. The molecule has 2 aromatic carbocycles. The number of halogens is 1. The minimum Gasteiger partial charge on any atom is -0.489 e. The van der Waals surface area contributed by atoms with Crippen LogP contribution in [0.25, 0.3) is 0 Å². The summed E-state index contributed by atoms with van der Waals surface area (Å²) in [6.45, 7) is 0.143. The maximum Gasteiger partial charge on any atom is 0.119 e. The van der Waals surface area contributed by atoms with Crippen LogP contribution >= 0.6 is 0 Å². The van der Waals surface area contributed by atoms with Gasteiger partial charge in [-0.25, -0.2) is 0 Å². The van der Waals surface area contributed by atoms with Gasteiger partial charge >= 0.3 is 0 Å². The first-order valence-corrected chi connectivity index (χ1v) is 6.38. The highest BCUT2D eigenvalue weighted by molar-refractivity contribution is 5.29. The van der Waals surface area contributed by atoms with Crippen molar-refractivity contribution >= 4 is 0 Å². The highest BCUT2D eigenvalue weighted by atomic mass is 19.1. The van der Waals surface area contributed by atoms with Crippen LogP contribution in [0.2, 0.25) is 0 Å². The Bertz CT molecular complexity index is 484. The first-order valence-electron chi connectivity index (χ1n) is 6.38. The normalized spacial score (nSPS) is 12.1. The number of ether oxygens (including phenoxy) is 1. The van der Waals surface area contributed by atoms with Crippen LogP contribution in [-0.4, -0.2) is 6.67 Å². The molecule has 0 aliphatic carbocycles. The Labute approximate surface area is 113 Å². The Morgan fingerprint density at radius 2 is 1.68 bits per heavy atom. The molecular formula is C16H18FNO. The van der Waals surface area contributed by atoms with Crippen LogP contribution in [0.3, 0.4) is 0 Å². The van der Waals surface area contributed by atoms with E-state index in [0.717, 1.165) is 16.9 Å². The van der Waals surface area contributed by atoms with Gasteiger partial charge in [-0.15, -0.1) is 0 Å². The SMILES string of the molecule is N[C@@H](CCF)c1ccc(OCc2ccccc2)cc1. The van der Waals surface area contributed by atoms with Gasteiger partial charge in [-0.2, -0.15) is 0 Å². The lowest BCUT2D eigenvalue weighted by Crippen LogP contribution is -2.10. The fourth-order valence-corrected chi connectivity index (χ4v) is 1.84. The summed E-state index contributed by atoms with van der Waals surface area (Å²) in [6, 6.07) is 17.3. The van der Waals surface area contributed by atoms with Crippen molar-refractivity contribution in [2.24, 2.45) is 5.73 Å². The largest absolute Gasteiger partial charge is 0.489 e. The van der Waals surface area contributed by atoms with E-state index in [1.54, 1.807) is 0 Å². The predicted molar refractivity (Wildman–Crippen MR) is 74.7 cm³/mol. The van der Waals surface area contributed by atoms with Gasteiger partial charge < -0.3 is 10.5 Å². The molecule has 2 nitrogen and oxygen atoms in total. The second-order valence-electron chi connectivity index (χ2n) is 4.43. The molecule has 0 bridgehead atoms. The van der Waals surface area contributed by atoms with Gasteiger partial charge in [0, 0.05) is 6.04 Å². The number of hydrogen-bond donors (Lipinski definition) is 1. The minimum absolute atomic E-state index is 0.242. The van der Waals surface area contributed by atoms with Crippen LogP contribution in [0.4, 0.5) is 4.39 Å². The molecule has 2 rings (SSSR count). The smallest absolute Gasteiger partial charge is 0.119 e. The van der Waals surface area contributed by atoms with Crippen LogP contribution in [0, 0.1) is 0 Å². The highest BCUT2D eigenvalue weighted by Crippen LogP contribution is 2.19. The van der Waals surface area contributed by atoms with Crippen molar-refractivity contribution in [1.29, 1.82) is 0 Å². The van der Waals surface area contributed by atoms with E-state index in [-0.39, 0.29) is 6.04 Å². The van der Waals surface area contributed by atoms with Gasteiger partial charge in [0.1, 0.15) is 12.4 Å². The second kappa shape index (κ2) is 6.90. The van der Waals surface area contributed by atoms with E-state index in [4.69, 9.17) is 10.5 Å². The van der Waals surface area contributed by atoms with Crippen molar-refractivity contribution in [3.63, 3.8) is 0 Å². The lowest BCUT2D eigenvalue weighted by Gasteiger charge is -2.11. The van der Waals surface area contributed by atoms with Crippen molar-refractivity contribution in [1.82, 2.24) is 0 Å². The Kier molecular flexibility index (Phi) is 4.93. The number of benzene rings is 2. The Morgan fingerprint density at radius 3 is 2.32 bits per heavy atom. The van der Waals surface area contributed by atoms with E-state index < -0.39 is 6.67 Å². The van der Waals surface area contributed by atoms with E-state index in [2.05, 4.69) is 0 Å². The average Bonchev–Trinajstić information content (AvgIpc) is 2.47. The topological polar surface area (TPSA) is 35.2 Å². The first-order chi connectivity index (χ1) is 9.29. The molecule has 0 saturated heterocycles. The molecule has 0 unspecified atom stereocenters. The molecule has 100 valence electrons. The van der Waals surface area contributed by atoms with Gasteiger partial charge in [0.2, 0.25) is 0 Å². The van der Waals surface area contributed by atoms with Gasteiger partial charge in [0.25, 0.3) is 0 Å². The number of rotatable bonds is 6. The molecule has 0 radical (unpaired) electrons. The van der Waals surface area contributed by atoms with Gasteiger partial charge in [0.05, 0.1) is 6.67 Å². The van der Waals surface area contributed by atoms with Gasteiger partial charge in [-0.3, -0.25) is 4.39 Å². The molecule has 0 saturated carbocycles. The fraction of sp³-hybridized carbons (Fsp3) is 0.250. The van der Waals surface area contributed by atoms with Crippen molar-refractivity contribution < 1.29 is 9.13 Å². The molecule has 0 heterocycles. The third-order valence-corrected chi connectivity index (χ3v) is 2.98. The summed E-state index contributed by atoms with van der Waals surface area (Å²) in [5.74, 6) is 0.792. The molecule has 0 fully saturated rings. The van der Waals surface area contributed by atoms with E-state index in [9.17, 15) is 4.39 Å². The number of hydrogen-bond acceptors (Lipinski definition) is 2. The van der Waals surface area contributed by atoms with E-state index in [1.165, 1.54) is 0 Å². The summed E-state index contributed by atoms with van der Waals surface area (Å²) in [5.41, 5.74) is 7.90. The molecule has 0 aliphatic heterocycles. The van der Waals surface area contributed by atoms with Crippen LogP contribution in [0.15, 0.2) is 54.6 Å². The molecule has 2 aromatic rings. The summed E-state index contributed by atoms with van der Waals surface area (Å²) in [6.07, 6.45) is 0.351. The third-order valence-electron chi connectivity index (χ3n) is 2.98. The molecule has 0 aliphatic rings. The van der Waals surface area contributed by atoms with Crippen molar-refractivity contribution in [3.05, 3.63) is 65.7 Å². The summed E-state index contributed by atoms with van der Waals surface area (Å²) in [5, 5.41) is 0. The summed E-state index contributed by atoms with van der Waals surface area (Å²) >= 11 is 0. The van der Waals surface area contributed by atoms with Crippen LogP contribution in [0.1, 0.15) is 23.6 Å². The van der Waals surface area contributed by atoms with Gasteiger partial charge in [0.15, 0.2) is 0 Å². The monoisotopic (exact) mass is 259 g/mol. The number of alkyl halides is 1. The zero-order chi connectivity index (χ0) is 13.5. The van der Waals surface area contributed by atoms with Crippen LogP contribution in [0.5, 0.6) is 5.75 Å². The van der Waals surface area contributed by atoms with Gasteiger partial charge in [-0.1, -0.05) is 42.5 Å². The number of nitrogens with two attached hydrogens (primary N) is 1. The van der Waals surface area contributed by atoms with Crippen molar-refractivity contribution in [2.75, 3.05) is 6.67 Å². The molecule has 2 N–H and O–H groups in total. The van der Waals surface area contributed by atoms with E-state index in [1.807, 2.05) is 54.6 Å². The quantitative estimate of drug-likeness (QED) is 0.859. The summed E-state index contributed by atoms with van der Waals surface area (Å²) in [7, 11) is 0. The molecule has 3 heteroatoms. The molecule has 1 atom stereocenters.